The fourth-order valence-electron chi connectivity index (χ4n) is 3.84. The van der Waals surface area contributed by atoms with Crippen LogP contribution in [0.2, 0.25) is 0 Å². The van der Waals surface area contributed by atoms with Gasteiger partial charge < -0.3 is 20.0 Å². The van der Waals surface area contributed by atoms with Gasteiger partial charge in [-0.1, -0.05) is 19.1 Å². The number of likely N-dealkylation sites (N-methyl/N-ethyl adjacent to an activating group) is 1. The zero-order chi connectivity index (χ0) is 20.8. The predicted octanol–water partition coefficient (Wildman–Crippen LogP) is 3.77. The van der Waals surface area contributed by atoms with E-state index in [1.807, 2.05) is 20.2 Å². The minimum atomic E-state index is 0.0606. The number of nitrogens with zero attached hydrogens (tertiary/aromatic N) is 3. The lowest BCUT2D eigenvalue weighted by Crippen LogP contribution is -2.46. The topological polar surface area (TPSA) is 38.8 Å². The monoisotopic (exact) mass is 394 g/mol. The molecule has 29 heavy (non-hydrogen) atoms. The van der Waals surface area contributed by atoms with E-state index in [0.717, 1.165) is 44.8 Å². The largest absolute Gasteiger partial charge is 0.378 e. The summed E-state index contributed by atoms with van der Waals surface area (Å²) in [5.41, 5.74) is 5.73. The molecule has 1 fully saturated rings. The molecule has 3 rings (SSSR count). The molecule has 0 radical (unpaired) electrons. The summed E-state index contributed by atoms with van der Waals surface area (Å²) in [7, 11) is 4.06. The number of benzene rings is 2. The molecule has 1 aliphatic heterocycles. The average Bonchev–Trinajstić information content (AvgIpc) is 2.73. The van der Waals surface area contributed by atoms with Crippen molar-refractivity contribution in [3.05, 3.63) is 53.6 Å². The highest BCUT2D eigenvalue weighted by Gasteiger charge is 2.17. The highest BCUT2D eigenvalue weighted by molar-refractivity contribution is 5.91. The SMILES string of the molecule is CCN1CCN(c2ccc(NC(=O)CCc3ccc(N(C)C)cc3)cc2C)CC1. The van der Waals surface area contributed by atoms with Crippen LogP contribution >= 0.6 is 0 Å². The van der Waals surface area contributed by atoms with Gasteiger partial charge >= 0.3 is 0 Å². The normalized spacial score (nSPS) is 14.7. The Hall–Kier alpha value is -2.53. The predicted molar refractivity (Wildman–Crippen MR) is 123 cm³/mol. The third-order valence-corrected chi connectivity index (χ3v) is 5.73. The summed E-state index contributed by atoms with van der Waals surface area (Å²) in [5.74, 6) is 0.0606. The number of carbonyl (C=O) groups is 1. The van der Waals surface area contributed by atoms with Gasteiger partial charge in [0.2, 0.25) is 5.91 Å². The third kappa shape index (κ3) is 5.73. The van der Waals surface area contributed by atoms with Crippen molar-refractivity contribution in [2.75, 3.05) is 61.9 Å². The van der Waals surface area contributed by atoms with Gasteiger partial charge in [0.15, 0.2) is 0 Å². The molecule has 2 aromatic rings. The van der Waals surface area contributed by atoms with Crippen molar-refractivity contribution in [1.29, 1.82) is 0 Å². The van der Waals surface area contributed by atoms with Gasteiger partial charge in [0.05, 0.1) is 0 Å². The maximum atomic E-state index is 12.4. The molecule has 1 aliphatic rings. The second-order valence-electron chi connectivity index (χ2n) is 8.03. The molecule has 1 amide bonds. The fraction of sp³-hybridized carbons (Fsp3) is 0.458. The Morgan fingerprint density at radius 1 is 1.03 bits per heavy atom. The number of nitrogens with one attached hydrogen (secondary N) is 1. The molecule has 5 heteroatoms. The van der Waals surface area contributed by atoms with Crippen molar-refractivity contribution in [3.63, 3.8) is 0 Å². The Kier molecular flexibility index (Phi) is 7.15. The van der Waals surface area contributed by atoms with E-state index in [9.17, 15) is 4.79 Å². The molecular formula is C24H34N4O. The second-order valence-corrected chi connectivity index (χ2v) is 8.03. The Morgan fingerprint density at radius 2 is 1.72 bits per heavy atom. The Bertz CT molecular complexity index is 808. The standard InChI is InChI=1S/C24H34N4O/c1-5-27-14-16-28(17-15-27)23-12-9-21(18-19(23)2)25-24(29)13-8-20-6-10-22(11-7-20)26(3)4/h6-7,9-12,18H,5,8,13-17H2,1-4H3,(H,25,29). The van der Waals surface area contributed by atoms with E-state index in [2.05, 4.69) is 70.3 Å². The van der Waals surface area contributed by atoms with E-state index < -0.39 is 0 Å². The van der Waals surface area contributed by atoms with Gasteiger partial charge in [-0.05, 0) is 61.3 Å². The van der Waals surface area contributed by atoms with Crippen molar-refractivity contribution < 1.29 is 4.79 Å². The lowest BCUT2D eigenvalue weighted by Gasteiger charge is -2.36. The van der Waals surface area contributed by atoms with Crippen molar-refractivity contribution in [2.24, 2.45) is 0 Å². The lowest BCUT2D eigenvalue weighted by atomic mass is 10.1. The third-order valence-electron chi connectivity index (χ3n) is 5.73. The van der Waals surface area contributed by atoms with Gasteiger partial charge in [-0.3, -0.25) is 4.79 Å². The van der Waals surface area contributed by atoms with E-state index in [4.69, 9.17) is 0 Å². The van der Waals surface area contributed by atoms with Crippen LogP contribution in [0.5, 0.6) is 0 Å². The molecule has 0 saturated carbocycles. The second kappa shape index (κ2) is 9.79. The van der Waals surface area contributed by atoms with Crippen LogP contribution in [-0.4, -0.2) is 57.6 Å². The minimum Gasteiger partial charge on any atom is -0.378 e. The van der Waals surface area contributed by atoms with Crippen LogP contribution in [0.4, 0.5) is 17.1 Å². The van der Waals surface area contributed by atoms with Crippen molar-refractivity contribution in [2.45, 2.75) is 26.7 Å². The van der Waals surface area contributed by atoms with E-state index in [-0.39, 0.29) is 5.91 Å². The van der Waals surface area contributed by atoms with Gasteiger partial charge in [-0.2, -0.15) is 0 Å². The molecule has 5 nitrogen and oxygen atoms in total. The zero-order valence-electron chi connectivity index (χ0n) is 18.2. The van der Waals surface area contributed by atoms with Gasteiger partial charge in [0.25, 0.3) is 0 Å². The summed E-state index contributed by atoms with van der Waals surface area (Å²) in [6.07, 6.45) is 1.24. The van der Waals surface area contributed by atoms with Crippen LogP contribution in [0, 0.1) is 6.92 Å². The highest BCUT2D eigenvalue weighted by atomic mass is 16.1. The first-order valence-electron chi connectivity index (χ1n) is 10.6. The van der Waals surface area contributed by atoms with E-state index >= 15 is 0 Å². The quantitative estimate of drug-likeness (QED) is 0.776. The summed E-state index contributed by atoms with van der Waals surface area (Å²) in [6, 6.07) is 14.6. The van der Waals surface area contributed by atoms with Gasteiger partial charge in [-0.15, -0.1) is 0 Å². The van der Waals surface area contributed by atoms with Crippen LogP contribution in [-0.2, 0) is 11.2 Å². The summed E-state index contributed by atoms with van der Waals surface area (Å²) < 4.78 is 0. The molecular weight excluding hydrogens is 360 g/mol. The summed E-state index contributed by atoms with van der Waals surface area (Å²) >= 11 is 0. The van der Waals surface area contributed by atoms with Crippen molar-refractivity contribution in [1.82, 2.24) is 4.90 Å². The molecule has 0 aliphatic carbocycles. The maximum absolute atomic E-state index is 12.4. The zero-order valence-corrected chi connectivity index (χ0v) is 18.2. The number of piperazine rings is 1. The van der Waals surface area contributed by atoms with Gasteiger partial charge in [0.1, 0.15) is 0 Å². The van der Waals surface area contributed by atoms with Crippen LogP contribution < -0.4 is 15.1 Å². The van der Waals surface area contributed by atoms with Crippen LogP contribution in [0.3, 0.4) is 0 Å². The van der Waals surface area contributed by atoms with Gasteiger partial charge in [-0.25, -0.2) is 0 Å². The number of hydrogen-bond donors (Lipinski definition) is 1. The number of amides is 1. The fourth-order valence-corrected chi connectivity index (χ4v) is 3.84. The number of aryl methyl sites for hydroxylation is 2. The molecule has 1 saturated heterocycles. The van der Waals surface area contributed by atoms with Crippen LogP contribution in [0.25, 0.3) is 0 Å². The molecule has 0 bridgehead atoms. The lowest BCUT2D eigenvalue weighted by molar-refractivity contribution is -0.116. The molecule has 0 atom stereocenters. The number of anilines is 3. The summed E-state index contributed by atoms with van der Waals surface area (Å²) in [6.45, 7) is 9.83. The molecule has 1 N–H and O–H groups in total. The smallest absolute Gasteiger partial charge is 0.224 e. The van der Waals surface area contributed by atoms with Crippen LogP contribution in [0.15, 0.2) is 42.5 Å². The summed E-state index contributed by atoms with van der Waals surface area (Å²) in [5, 5.41) is 3.06. The molecule has 1 heterocycles. The first-order chi connectivity index (χ1) is 14.0. The van der Waals surface area contributed by atoms with Crippen LogP contribution in [0.1, 0.15) is 24.5 Å². The highest BCUT2D eigenvalue weighted by Crippen LogP contribution is 2.25. The first kappa shape index (κ1) is 21.2. The van der Waals surface area contributed by atoms with Gasteiger partial charge in [0, 0.05) is 63.8 Å². The molecule has 0 unspecified atom stereocenters. The first-order valence-corrected chi connectivity index (χ1v) is 10.6. The van der Waals surface area contributed by atoms with Crippen molar-refractivity contribution >= 4 is 23.0 Å². The molecule has 0 aromatic heterocycles. The van der Waals surface area contributed by atoms with E-state index in [0.29, 0.717) is 6.42 Å². The Labute approximate surface area is 175 Å². The van der Waals surface area contributed by atoms with E-state index in [1.54, 1.807) is 0 Å². The maximum Gasteiger partial charge on any atom is 0.224 e. The minimum absolute atomic E-state index is 0.0606. The number of carbonyl (C=O) groups excluding carboxylic acids is 1. The molecule has 0 spiro atoms. The number of hydrogen-bond acceptors (Lipinski definition) is 4. The Morgan fingerprint density at radius 3 is 2.31 bits per heavy atom. The molecule has 156 valence electrons. The Balaban J connectivity index is 1.52. The molecule has 2 aromatic carbocycles. The summed E-state index contributed by atoms with van der Waals surface area (Å²) in [4.78, 5) is 19.4. The van der Waals surface area contributed by atoms with Crippen molar-refractivity contribution in [3.8, 4) is 0 Å². The average molecular weight is 395 g/mol. The number of rotatable bonds is 7. The van der Waals surface area contributed by atoms with E-state index in [1.165, 1.54) is 22.5 Å².